The van der Waals surface area contributed by atoms with Gasteiger partial charge in [0.05, 0.1) is 0 Å². The molecule has 3 aromatic carbocycles. The minimum atomic E-state index is -0.233. The maximum Gasteiger partial charge on any atom is 0.227 e. The molecule has 33 heavy (non-hydrogen) atoms. The summed E-state index contributed by atoms with van der Waals surface area (Å²) in [6.07, 6.45) is 2.34. The zero-order chi connectivity index (χ0) is 22.4. The van der Waals surface area contributed by atoms with Crippen LogP contribution in [0, 0.1) is 6.92 Å². The number of hydrogen-bond donors (Lipinski definition) is 1. The third kappa shape index (κ3) is 3.64. The van der Waals surface area contributed by atoms with Crippen LogP contribution in [0.2, 0.25) is 0 Å². The van der Waals surface area contributed by atoms with Gasteiger partial charge in [0.1, 0.15) is 6.04 Å². The predicted octanol–water partition coefficient (Wildman–Crippen LogP) is 6.05. The third-order valence-corrected chi connectivity index (χ3v) is 7.33. The number of benzene rings is 3. The minimum absolute atomic E-state index is 0.210. The van der Waals surface area contributed by atoms with Gasteiger partial charge in [0.25, 0.3) is 0 Å². The molecule has 0 amide bonds. The van der Waals surface area contributed by atoms with Crippen molar-refractivity contribution >= 4 is 34.3 Å². The van der Waals surface area contributed by atoms with E-state index in [1.165, 1.54) is 21.9 Å². The van der Waals surface area contributed by atoms with Gasteiger partial charge in [0.15, 0.2) is 5.78 Å². The number of nitrogens with one attached hydrogen (secondary N) is 1. The number of thioether (sulfide) groups is 1. The Labute approximate surface area is 196 Å². The SMILES string of the molecule is Cc1cccc(C2C3=C(CCCC3=O)Nc3nc(SCc4cccc5ccccc45)nn32)c1. The molecule has 0 saturated carbocycles. The van der Waals surface area contributed by atoms with Crippen LogP contribution in [0.4, 0.5) is 5.95 Å². The Kier molecular flexibility index (Phi) is 5.03. The fraction of sp³-hybridized carbons (Fsp3) is 0.222. The van der Waals surface area contributed by atoms with E-state index in [9.17, 15) is 4.79 Å². The van der Waals surface area contributed by atoms with Crippen LogP contribution in [0.5, 0.6) is 0 Å². The molecule has 6 heteroatoms. The molecule has 0 bridgehead atoms. The average Bonchev–Trinajstić information content (AvgIpc) is 3.24. The van der Waals surface area contributed by atoms with E-state index in [1.807, 2.05) is 10.7 Å². The topological polar surface area (TPSA) is 59.8 Å². The molecule has 0 radical (unpaired) electrons. The molecule has 4 aromatic rings. The molecule has 0 fully saturated rings. The van der Waals surface area contributed by atoms with E-state index < -0.39 is 0 Å². The molecule has 2 heterocycles. The summed E-state index contributed by atoms with van der Waals surface area (Å²) in [4.78, 5) is 17.8. The van der Waals surface area contributed by atoms with E-state index in [2.05, 4.69) is 72.9 Å². The molecule has 1 aliphatic heterocycles. The Hall–Kier alpha value is -3.38. The smallest absolute Gasteiger partial charge is 0.227 e. The first kappa shape index (κ1) is 20.2. The quantitative estimate of drug-likeness (QED) is 0.382. The summed E-state index contributed by atoms with van der Waals surface area (Å²) in [6.45, 7) is 2.08. The van der Waals surface area contributed by atoms with Crippen LogP contribution < -0.4 is 5.32 Å². The number of allylic oxidation sites excluding steroid dienone is 2. The van der Waals surface area contributed by atoms with Gasteiger partial charge in [0.2, 0.25) is 11.1 Å². The highest BCUT2D eigenvalue weighted by Gasteiger charge is 2.36. The van der Waals surface area contributed by atoms with Crippen molar-refractivity contribution in [2.45, 2.75) is 43.1 Å². The molecule has 0 spiro atoms. The van der Waals surface area contributed by atoms with Crippen LogP contribution in [0.25, 0.3) is 10.8 Å². The number of ketones is 1. The Morgan fingerprint density at radius 2 is 1.91 bits per heavy atom. The molecule has 1 atom stereocenters. The van der Waals surface area contributed by atoms with Gasteiger partial charge in [-0.05, 0) is 41.7 Å². The van der Waals surface area contributed by atoms with Gasteiger partial charge in [-0.3, -0.25) is 4.79 Å². The van der Waals surface area contributed by atoms with Gasteiger partial charge in [0, 0.05) is 23.4 Å². The highest BCUT2D eigenvalue weighted by atomic mass is 32.2. The molecule has 5 nitrogen and oxygen atoms in total. The second-order valence-electron chi connectivity index (χ2n) is 8.70. The third-order valence-electron chi connectivity index (χ3n) is 6.44. The zero-order valence-electron chi connectivity index (χ0n) is 18.4. The lowest BCUT2D eigenvalue weighted by Crippen LogP contribution is -2.31. The fourth-order valence-electron chi connectivity index (χ4n) is 4.91. The van der Waals surface area contributed by atoms with E-state index in [4.69, 9.17) is 10.1 Å². The Balaban J connectivity index is 1.36. The van der Waals surface area contributed by atoms with Crippen molar-refractivity contribution in [3.63, 3.8) is 0 Å². The molecule has 6 rings (SSSR count). The first-order chi connectivity index (χ1) is 16.2. The lowest BCUT2D eigenvalue weighted by molar-refractivity contribution is -0.116. The van der Waals surface area contributed by atoms with Crippen LogP contribution in [0.15, 0.2) is 83.2 Å². The summed E-state index contributed by atoms with van der Waals surface area (Å²) >= 11 is 1.63. The van der Waals surface area contributed by atoms with Crippen molar-refractivity contribution in [2.75, 3.05) is 5.32 Å². The van der Waals surface area contributed by atoms with Crippen molar-refractivity contribution in [1.82, 2.24) is 14.8 Å². The van der Waals surface area contributed by atoms with Crippen molar-refractivity contribution < 1.29 is 4.79 Å². The highest BCUT2D eigenvalue weighted by molar-refractivity contribution is 7.98. The van der Waals surface area contributed by atoms with Crippen LogP contribution in [0.3, 0.4) is 0 Å². The molecule has 1 aromatic heterocycles. The van der Waals surface area contributed by atoms with Crippen molar-refractivity contribution in [3.05, 3.63) is 94.7 Å². The van der Waals surface area contributed by atoms with Gasteiger partial charge < -0.3 is 5.32 Å². The number of anilines is 1. The van der Waals surface area contributed by atoms with Crippen LogP contribution in [0.1, 0.15) is 42.0 Å². The molecule has 1 unspecified atom stereocenters. The molecule has 1 N–H and O–H groups in total. The molecule has 2 aliphatic rings. The summed E-state index contributed by atoms with van der Waals surface area (Å²) in [6, 6.07) is 23.0. The summed E-state index contributed by atoms with van der Waals surface area (Å²) in [5.41, 5.74) is 5.36. The zero-order valence-corrected chi connectivity index (χ0v) is 19.2. The molecular formula is C27H24N4OS. The van der Waals surface area contributed by atoms with E-state index >= 15 is 0 Å². The van der Waals surface area contributed by atoms with Crippen LogP contribution >= 0.6 is 11.8 Å². The number of rotatable bonds is 4. The lowest BCUT2D eigenvalue weighted by atomic mass is 9.85. The number of aromatic nitrogens is 3. The van der Waals surface area contributed by atoms with Crippen molar-refractivity contribution in [3.8, 4) is 0 Å². The number of aryl methyl sites for hydroxylation is 1. The molecule has 164 valence electrons. The van der Waals surface area contributed by atoms with Crippen LogP contribution in [-0.2, 0) is 10.5 Å². The number of Topliss-reactive ketones (excluding diaryl/α,β-unsaturated/α-hetero) is 1. The maximum absolute atomic E-state index is 13.0. The maximum atomic E-state index is 13.0. The van der Waals surface area contributed by atoms with Gasteiger partial charge in [-0.2, -0.15) is 4.98 Å². The normalized spacial score (nSPS) is 17.6. The van der Waals surface area contributed by atoms with E-state index in [0.717, 1.165) is 46.5 Å². The Bertz CT molecular complexity index is 1420. The van der Waals surface area contributed by atoms with Crippen LogP contribution in [-0.4, -0.2) is 20.5 Å². The van der Waals surface area contributed by atoms with Gasteiger partial charge >= 0.3 is 0 Å². The lowest BCUT2D eigenvalue weighted by Gasteiger charge is -2.32. The molecule has 0 saturated heterocycles. The summed E-state index contributed by atoms with van der Waals surface area (Å²) < 4.78 is 1.91. The highest BCUT2D eigenvalue weighted by Crippen LogP contribution is 2.41. The van der Waals surface area contributed by atoms with E-state index in [-0.39, 0.29) is 11.8 Å². The van der Waals surface area contributed by atoms with Crippen molar-refractivity contribution in [1.29, 1.82) is 0 Å². The second-order valence-corrected chi connectivity index (χ2v) is 9.64. The first-order valence-electron chi connectivity index (χ1n) is 11.3. The number of carbonyl (C=O) groups is 1. The number of hydrogen-bond acceptors (Lipinski definition) is 5. The fourth-order valence-corrected chi connectivity index (χ4v) is 5.74. The monoisotopic (exact) mass is 452 g/mol. The van der Waals surface area contributed by atoms with E-state index in [1.54, 1.807) is 11.8 Å². The molecular weight excluding hydrogens is 428 g/mol. The number of nitrogens with zero attached hydrogens (tertiary/aromatic N) is 3. The number of carbonyl (C=O) groups excluding carboxylic acids is 1. The second kappa shape index (κ2) is 8.19. The average molecular weight is 453 g/mol. The Morgan fingerprint density at radius 3 is 2.82 bits per heavy atom. The van der Waals surface area contributed by atoms with Gasteiger partial charge in [-0.1, -0.05) is 84.1 Å². The van der Waals surface area contributed by atoms with Crippen molar-refractivity contribution in [2.24, 2.45) is 0 Å². The first-order valence-corrected chi connectivity index (χ1v) is 12.3. The predicted molar refractivity (Wildman–Crippen MR) is 132 cm³/mol. The minimum Gasteiger partial charge on any atom is -0.328 e. The van der Waals surface area contributed by atoms with Gasteiger partial charge in [-0.15, -0.1) is 5.10 Å². The summed E-state index contributed by atoms with van der Waals surface area (Å²) in [5.74, 6) is 1.71. The largest absolute Gasteiger partial charge is 0.328 e. The standard InChI is InChI=1S/C27H24N4OS/c1-17-7-4-10-19(15-17)25-24-22(13-6-14-23(24)32)28-26-29-27(30-31(25)26)33-16-20-11-5-9-18-8-2-3-12-21(18)20/h2-5,7-12,15,25H,6,13-14,16H2,1H3,(H,28,29,30). The van der Waals surface area contributed by atoms with E-state index in [0.29, 0.717) is 6.42 Å². The molecule has 1 aliphatic carbocycles. The Morgan fingerprint density at radius 1 is 1.06 bits per heavy atom. The number of fused-ring (bicyclic) bond motifs is 2. The summed E-state index contributed by atoms with van der Waals surface area (Å²) in [7, 11) is 0. The van der Waals surface area contributed by atoms with Gasteiger partial charge in [-0.25, -0.2) is 4.68 Å². The summed E-state index contributed by atoms with van der Waals surface area (Å²) in [5, 5.41) is 11.5.